The van der Waals surface area contributed by atoms with Gasteiger partial charge in [-0.3, -0.25) is 5.43 Å². The monoisotopic (exact) mass is 318 g/mol. The molecule has 0 radical (unpaired) electrons. The Kier molecular flexibility index (Phi) is 4.08. The first-order valence-electron chi connectivity index (χ1n) is 6.60. The van der Waals surface area contributed by atoms with Gasteiger partial charge in [0.15, 0.2) is 11.6 Å². The molecule has 6 nitrogen and oxygen atoms in total. The lowest BCUT2D eigenvalue weighted by molar-refractivity contribution is -0.0270. The third kappa shape index (κ3) is 4.15. The van der Waals surface area contributed by atoms with E-state index in [-0.39, 0.29) is 11.6 Å². The van der Waals surface area contributed by atoms with Crippen molar-refractivity contribution in [2.45, 2.75) is 32.3 Å². The maximum Gasteiger partial charge on any atom is 0.426 e. The Morgan fingerprint density at radius 2 is 2.00 bits per heavy atom. The molecule has 0 atom stereocenters. The molecule has 2 heterocycles. The van der Waals surface area contributed by atoms with Gasteiger partial charge in [-0.05, 0) is 32.9 Å². The molecule has 1 aromatic rings. The molecule has 1 saturated heterocycles. The summed E-state index contributed by atoms with van der Waals surface area (Å²) < 4.78 is 44.3. The highest BCUT2D eigenvalue weighted by molar-refractivity contribution is 5.69. The van der Waals surface area contributed by atoms with Crippen molar-refractivity contribution in [1.82, 2.24) is 10.4 Å². The van der Waals surface area contributed by atoms with E-state index in [1.54, 1.807) is 20.8 Å². The number of alkyl halides is 2. The summed E-state index contributed by atoms with van der Waals surface area (Å²) in [6.45, 7) is 3.93. The maximum atomic E-state index is 13.6. The smallest absolute Gasteiger partial charge is 0.426 e. The number of amides is 1. The van der Waals surface area contributed by atoms with E-state index in [1.165, 1.54) is 6.07 Å². The zero-order valence-corrected chi connectivity index (χ0v) is 12.4. The molecule has 2 rings (SSSR count). The van der Waals surface area contributed by atoms with Crippen molar-refractivity contribution in [3.8, 4) is 0 Å². The van der Waals surface area contributed by atoms with E-state index in [1.807, 2.05) is 0 Å². The number of pyridine rings is 1. The number of halogens is 3. The number of ether oxygens (including phenoxy) is 1. The molecule has 2 N–H and O–H groups in total. The molecule has 1 aliphatic rings. The third-order valence-corrected chi connectivity index (χ3v) is 2.66. The minimum Gasteiger partial charge on any atom is -0.443 e. The predicted octanol–water partition coefficient (Wildman–Crippen LogP) is 2.53. The van der Waals surface area contributed by atoms with Crippen LogP contribution in [0.15, 0.2) is 12.1 Å². The van der Waals surface area contributed by atoms with Crippen molar-refractivity contribution in [1.29, 1.82) is 0 Å². The SMILES string of the molecule is CC(C)(C)OC(=O)NNc1ccc(F)c(N2CC(F)(F)C2)n1. The molecule has 0 aliphatic carbocycles. The minimum atomic E-state index is -2.83. The number of aromatic nitrogens is 1. The van der Waals surface area contributed by atoms with Crippen molar-refractivity contribution in [2.24, 2.45) is 0 Å². The largest absolute Gasteiger partial charge is 0.443 e. The summed E-state index contributed by atoms with van der Waals surface area (Å²) in [6.07, 6.45) is -0.740. The molecule has 0 bridgehead atoms. The van der Waals surface area contributed by atoms with Crippen LogP contribution in [0.3, 0.4) is 0 Å². The number of carbonyl (C=O) groups excluding carboxylic acids is 1. The second kappa shape index (κ2) is 5.54. The van der Waals surface area contributed by atoms with E-state index in [9.17, 15) is 18.0 Å². The zero-order valence-electron chi connectivity index (χ0n) is 12.4. The molecule has 1 aliphatic heterocycles. The lowest BCUT2D eigenvalue weighted by atomic mass is 10.1. The van der Waals surface area contributed by atoms with Crippen LogP contribution in [-0.2, 0) is 4.74 Å². The van der Waals surface area contributed by atoms with E-state index >= 15 is 0 Å². The van der Waals surface area contributed by atoms with Crippen molar-refractivity contribution < 1.29 is 22.7 Å². The van der Waals surface area contributed by atoms with Gasteiger partial charge in [0, 0.05) is 0 Å². The van der Waals surface area contributed by atoms with Crippen LogP contribution >= 0.6 is 0 Å². The average Bonchev–Trinajstić information content (AvgIpc) is 2.33. The first-order valence-corrected chi connectivity index (χ1v) is 6.60. The molecule has 0 aromatic carbocycles. The molecule has 1 fully saturated rings. The van der Waals surface area contributed by atoms with Crippen LogP contribution in [0.25, 0.3) is 0 Å². The van der Waals surface area contributed by atoms with E-state index in [2.05, 4.69) is 15.8 Å². The first kappa shape index (κ1) is 16.2. The lowest BCUT2D eigenvalue weighted by Crippen LogP contribution is -2.57. The third-order valence-electron chi connectivity index (χ3n) is 2.66. The van der Waals surface area contributed by atoms with Gasteiger partial charge in [-0.2, -0.15) is 0 Å². The quantitative estimate of drug-likeness (QED) is 0.838. The Labute approximate surface area is 125 Å². The Balaban J connectivity index is 1.97. The fourth-order valence-electron chi connectivity index (χ4n) is 1.80. The number of hydrogen-bond acceptors (Lipinski definition) is 5. The van der Waals surface area contributed by atoms with Gasteiger partial charge in [0.2, 0.25) is 0 Å². The van der Waals surface area contributed by atoms with Crippen molar-refractivity contribution in [3.05, 3.63) is 17.9 Å². The van der Waals surface area contributed by atoms with Gasteiger partial charge in [0.25, 0.3) is 5.92 Å². The van der Waals surface area contributed by atoms with Crippen LogP contribution in [0.2, 0.25) is 0 Å². The van der Waals surface area contributed by atoms with Gasteiger partial charge < -0.3 is 9.64 Å². The van der Waals surface area contributed by atoms with Crippen LogP contribution < -0.4 is 15.8 Å². The van der Waals surface area contributed by atoms with Crippen LogP contribution in [-0.4, -0.2) is 35.7 Å². The topological polar surface area (TPSA) is 66.5 Å². The Morgan fingerprint density at radius 1 is 1.36 bits per heavy atom. The normalized spacial score (nSPS) is 16.7. The fourth-order valence-corrected chi connectivity index (χ4v) is 1.80. The molecule has 0 spiro atoms. The Bertz CT molecular complexity index is 567. The summed E-state index contributed by atoms with van der Waals surface area (Å²) in [5.41, 5.74) is 4.00. The molecule has 1 amide bonds. The summed E-state index contributed by atoms with van der Waals surface area (Å²) in [7, 11) is 0. The van der Waals surface area contributed by atoms with Crippen molar-refractivity contribution in [2.75, 3.05) is 23.4 Å². The molecule has 0 unspecified atom stereocenters. The number of hydrazine groups is 1. The number of rotatable bonds is 3. The zero-order chi connectivity index (χ0) is 16.5. The van der Waals surface area contributed by atoms with Gasteiger partial charge in [-0.15, -0.1) is 0 Å². The summed E-state index contributed by atoms with van der Waals surface area (Å²) in [4.78, 5) is 16.4. The van der Waals surface area contributed by atoms with Crippen molar-refractivity contribution in [3.63, 3.8) is 0 Å². The summed E-state index contributed by atoms with van der Waals surface area (Å²) in [5.74, 6) is -3.62. The molecule has 9 heteroatoms. The number of nitrogens with zero attached hydrogens (tertiary/aromatic N) is 2. The van der Waals surface area contributed by atoms with Gasteiger partial charge in [-0.1, -0.05) is 0 Å². The summed E-state index contributed by atoms with van der Waals surface area (Å²) in [6, 6.07) is 2.35. The van der Waals surface area contributed by atoms with Gasteiger partial charge in [-0.25, -0.2) is 28.4 Å². The molecule has 122 valence electrons. The van der Waals surface area contributed by atoms with Gasteiger partial charge in [0.1, 0.15) is 11.4 Å². The molecule has 1 aromatic heterocycles. The van der Waals surface area contributed by atoms with E-state index in [0.717, 1.165) is 11.0 Å². The van der Waals surface area contributed by atoms with Crippen LogP contribution in [0.4, 0.5) is 29.6 Å². The standard InChI is InChI=1S/C13H17F3N4O2/c1-12(2,3)22-11(21)19-18-9-5-4-8(14)10(17-9)20-6-13(15,16)7-20/h4-5H,6-7H2,1-3H3,(H,17,18)(H,19,21). The van der Waals surface area contributed by atoms with Gasteiger partial charge >= 0.3 is 6.09 Å². The van der Waals surface area contributed by atoms with Crippen LogP contribution in [0, 0.1) is 5.82 Å². The highest BCUT2D eigenvalue weighted by Crippen LogP contribution is 2.32. The fraction of sp³-hybridized carbons (Fsp3) is 0.538. The maximum absolute atomic E-state index is 13.6. The Morgan fingerprint density at radius 3 is 2.55 bits per heavy atom. The van der Waals surface area contributed by atoms with Crippen LogP contribution in [0.1, 0.15) is 20.8 Å². The highest BCUT2D eigenvalue weighted by Gasteiger charge is 2.45. The predicted molar refractivity (Wildman–Crippen MR) is 74.3 cm³/mol. The number of anilines is 2. The van der Waals surface area contributed by atoms with Crippen LogP contribution in [0.5, 0.6) is 0 Å². The highest BCUT2D eigenvalue weighted by atomic mass is 19.3. The average molecular weight is 318 g/mol. The van der Waals surface area contributed by atoms with Gasteiger partial charge in [0.05, 0.1) is 13.1 Å². The molecular formula is C13H17F3N4O2. The Hall–Kier alpha value is -2.19. The minimum absolute atomic E-state index is 0.109. The summed E-state index contributed by atoms with van der Waals surface area (Å²) >= 11 is 0. The molecule has 22 heavy (non-hydrogen) atoms. The van der Waals surface area contributed by atoms with E-state index in [4.69, 9.17) is 4.74 Å². The van der Waals surface area contributed by atoms with E-state index in [0.29, 0.717) is 0 Å². The molecular weight excluding hydrogens is 301 g/mol. The number of nitrogens with one attached hydrogen (secondary N) is 2. The second-order valence-electron chi connectivity index (χ2n) is 5.97. The number of hydrogen-bond donors (Lipinski definition) is 2. The van der Waals surface area contributed by atoms with E-state index < -0.39 is 36.5 Å². The van der Waals surface area contributed by atoms with Crippen molar-refractivity contribution >= 4 is 17.7 Å². The summed E-state index contributed by atoms with van der Waals surface area (Å²) in [5, 5.41) is 0. The molecule has 0 saturated carbocycles. The first-order chi connectivity index (χ1) is 10.1. The number of carbonyl (C=O) groups is 1. The second-order valence-corrected chi connectivity index (χ2v) is 5.97. The lowest BCUT2D eigenvalue weighted by Gasteiger charge is -2.39.